The van der Waals surface area contributed by atoms with Crippen molar-refractivity contribution in [2.75, 3.05) is 18.8 Å². The molecule has 0 aliphatic carbocycles. The molecule has 0 bridgehead atoms. The molecule has 3 heterocycles. The minimum atomic E-state index is 0.275. The molecule has 0 amide bonds. The summed E-state index contributed by atoms with van der Waals surface area (Å²) in [5.74, 6) is 2.47. The van der Waals surface area contributed by atoms with E-state index in [0.29, 0.717) is 11.7 Å². The monoisotopic (exact) mass is 400 g/mol. The Balaban J connectivity index is 1.54. The quantitative estimate of drug-likeness (QED) is 0.537. The van der Waals surface area contributed by atoms with Crippen LogP contribution in [0.3, 0.4) is 0 Å². The van der Waals surface area contributed by atoms with Crippen LogP contribution in [0.2, 0.25) is 0 Å². The van der Waals surface area contributed by atoms with Gasteiger partial charge >= 0.3 is 0 Å². The molecule has 2 aromatic heterocycles. The molecule has 3 N–H and O–H groups in total. The molecule has 1 fully saturated rings. The van der Waals surface area contributed by atoms with Crippen molar-refractivity contribution in [1.29, 1.82) is 0 Å². The highest BCUT2D eigenvalue weighted by Crippen LogP contribution is 2.35. The second-order valence-corrected chi connectivity index (χ2v) is 7.73. The lowest BCUT2D eigenvalue weighted by molar-refractivity contribution is 0.261. The van der Waals surface area contributed by atoms with Crippen LogP contribution in [0.5, 0.6) is 11.5 Å². The van der Waals surface area contributed by atoms with Crippen molar-refractivity contribution in [1.82, 2.24) is 25.1 Å². The maximum absolute atomic E-state index is 6.26. The summed E-state index contributed by atoms with van der Waals surface area (Å²) in [6.45, 7) is 4.18. The summed E-state index contributed by atoms with van der Waals surface area (Å²) in [4.78, 5) is 8.76. The first kappa shape index (κ1) is 18.6. The highest BCUT2D eigenvalue weighted by atomic mass is 16.5. The number of nitrogen functional groups attached to an aromatic ring is 1. The number of ether oxygens (including phenoxy) is 1. The van der Waals surface area contributed by atoms with Crippen LogP contribution in [0.4, 0.5) is 5.82 Å². The zero-order valence-electron chi connectivity index (χ0n) is 16.8. The molecule has 1 aliphatic rings. The predicted molar refractivity (Wildman–Crippen MR) is 117 cm³/mol. The number of benzene rings is 2. The second kappa shape index (κ2) is 7.76. The normalized spacial score (nSPS) is 19.1. The van der Waals surface area contributed by atoms with Crippen molar-refractivity contribution in [3.63, 3.8) is 0 Å². The lowest BCUT2D eigenvalue weighted by Gasteiger charge is -2.29. The van der Waals surface area contributed by atoms with E-state index in [2.05, 4.69) is 22.2 Å². The smallest absolute Gasteiger partial charge is 0.164 e. The van der Waals surface area contributed by atoms with Crippen LogP contribution >= 0.6 is 0 Å². The first-order chi connectivity index (χ1) is 14.7. The van der Waals surface area contributed by atoms with E-state index in [9.17, 15) is 0 Å². The van der Waals surface area contributed by atoms with E-state index in [4.69, 9.17) is 15.6 Å². The van der Waals surface area contributed by atoms with Gasteiger partial charge in [0.15, 0.2) is 5.65 Å². The first-order valence-electron chi connectivity index (χ1n) is 10.2. The summed E-state index contributed by atoms with van der Waals surface area (Å²) in [6.07, 6.45) is 2.52. The number of anilines is 1. The van der Waals surface area contributed by atoms with Crippen molar-refractivity contribution in [2.24, 2.45) is 5.92 Å². The van der Waals surface area contributed by atoms with Crippen LogP contribution in [0.25, 0.3) is 22.3 Å². The van der Waals surface area contributed by atoms with Crippen molar-refractivity contribution >= 4 is 16.9 Å². The Bertz CT molecular complexity index is 1160. The molecule has 7 heteroatoms. The SMILES string of the molecule is C[C@H]1CNCCC1n1nc(-c2ccc(Oc3ccccc3)cc2)c2c(N)ncnc21. The molecule has 0 saturated carbocycles. The van der Waals surface area contributed by atoms with Gasteiger partial charge in [0.25, 0.3) is 0 Å². The van der Waals surface area contributed by atoms with Crippen LogP contribution in [0.1, 0.15) is 19.4 Å². The number of para-hydroxylation sites is 1. The Morgan fingerprint density at radius 1 is 1.03 bits per heavy atom. The molecule has 2 aromatic carbocycles. The molecule has 152 valence electrons. The summed E-state index contributed by atoms with van der Waals surface area (Å²) in [6, 6.07) is 17.9. The number of aromatic nitrogens is 4. The fourth-order valence-corrected chi connectivity index (χ4v) is 4.10. The number of nitrogens with two attached hydrogens (primary N) is 1. The number of nitrogens with one attached hydrogen (secondary N) is 1. The molecule has 30 heavy (non-hydrogen) atoms. The average molecular weight is 400 g/mol. The standard InChI is InChI=1S/C23H24N6O/c1-15-13-25-12-11-19(15)29-23-20(22(24)26-14-27-23)21(28-29)16-7-9-18(10-8-16)30-17-5-3-2-4-6-17/h2-10,14-15,19,25H,11-13H2,1H3,(H2,24,26,27)/t15-,19?/m0/s1. The summed E-state index contributed by atoms with van der Waals surface area (Å²) in [5, 5.41) is 9.23. The highest BCUT2D eigenvalue weighted by Gasteiger charge is 2.27. The minimum absolute atomic E-state index is 0.275. The van der Waals surface area contributed by atoms with Crippen LogP contribution in [-0.2, 0) is 0 Å². The van der Waals surface area contributed by atoms with Crippen LogP contribution in [0.15, 0.2) is 60.9 Å². The number of rotatable bonds is 4. The van der Waals surface area contributed by atoms with Gasteiger partial charge in [-0.1, -0.05) is 25.1 Å². The van der Waals surface area contributed by atoms with E-state index in [1.807, 2.05) is 59.3 Å². The van der Waals surface area contributed by atoms with E-state index < -0.39 is 0 Å². The summed E-state index contributed by atoms with van der Waals surface area (Å²) >= 11 is 0. The number of piperidine rings is 1. The van der Waals surface area contributed by atoms with E-state index in [-0.39, 0.29) is 6.04 Å². The first-order valence-corrected chi connectivity index (χ1v) is 10.2. The fraction of sp³-hybridized carbons (Fsp3) is 0.261. The third-order valence-electron chi connectivity index (χ3n) is 5.68. The molecule has 1 unspecified atom stereocenters. The third kappa shape index (κ3) is 3.37. The van der Waals surface area contributed by atoms with Crippen LogP contribution < -0.4 is 15.8 Å². The molecule has 5 rings (SSSR count). The van der Waals surface area contributed by atoms with Crippen molar-refractivity contribution in [3.8, 4) is 22.8 Å². The predicted octanol–water partition coefficient (Wildman–Crippen LogP) is 4.04. The van der Waals surface area contributed by atoms with Gasteiger partial charge in [0.1, 0.15) is 29.3 Å². The van der Waals surface area contributed by atoms with Gasteiger partial charge in [-0.2, -0.15) is 5.10 Å². The molecule has 2 atom stereocenters. The second-order valence-electron chi connectivity index (χ2n) is 7.73. The lowest BCUT2D eigenvalue weighted by Crippen LogP contribution is -2.36. The Kier molecular flexibility index (Phi) is 4.80. The topological polar surface area (TPSA) is 90.9 Å². The molecule has 4 aromatic rings. The number of nitrogens with zero attached hydrogens (tertiary/aromatic N) is 4. The Morgan fingerprint density at radius 2 is 1.80 bits per heavy atom. The Hall–Kier alpha value is -3.45. The highest BCUT2D eigenvalue weighted by molar-refractivity contribution is 5.98. The zero-order chi connectivity index (χ0) is 20.5. The molecule has 0 radical (unpaired) electrons. The van der Waals surface area contributed by atoms with Gasteiger partial charge in [0.05, 0.1) is 11.4 Å². The van der Waals surface area contributed by atoms with E-state index in [0.717, 1.165) is 53.3 Å². The number of hydrogen-bond acceptors (Lipinski definition) is 6. The van der Waals surface area contributed by atoms with E-state index >= 15 is 0 Å². The molecule has 0 spiro atoms. The van der Waals surface area contributed by atoms with Gasteiger partial charge in [0.2, 0.25) is 0 Å². The Morgan fingerprint density at radius 3 is 2.57 bits per heavy atom. The van der Waals surface area contributed by atoms with Gasteiger partial charge in [-0.15, -0.1) is 0 Å². The molecule has 7 nitrogen and oxygen atoms in total. The minimum Gasteiger partial charge on any atom is -0.457 e. The summed E-state index contributed by atoms with van der Waals surface area (Å²) in [5.41, 5.74) is 8.82. The number of fused-ring (bicyclic) bond motifs is 1. The van der Waals surface area contributed by atoms with Gasteiger partial charge < -0.3 is 15.8 Å². The van der Waals surface area contributed by atoms with E-state index in [1.165, 1.54) is 6.33 Å². The van der Waals surface area contributed by atoms with Crippen molar-refractivity contribution in [2.45, 2.75) is 19.4 Å². The van der Waals surface area contributed by atoms with Crippen LogP contribution in [0, 0.1) is 5.92 Å². The third-order valence-corrected chi connectivity index (χ3v) is 5.68. The van der Waals surface area contributed by atoms with Crippen molar-refractivity contribution < 1.29 is 4.74 Å². The fourth-order valence-electron chi connectivity index (χ4n) is 4.10. The van der Waals surface area contributed by atoms with Gasteiger partial charge in [-0.25, -0.2) is 14.6 Å². The van der Waals surface area contributed by atoms with Crippen LogP contribution in [-0.4, -0.2) is 32.8 Å². The zero-order valence-corrected chi connectivity index (χ0v) is 16.8. The summed E-state index contributed by atoms with van der Waals surface area (Å²) < 4.78 is 7.96. The van der Waals surface area contributed by atoms with E-state index in [1.54, 1.807) is 0 Å². The Labute approximate surface area is 174 Å². The molecular formula is C23H24N6O. The largest absolute Gasteiger partial charge is 0.457 e. The van der Waals surface area contributed by atoms with Gasteiger partial charge in [-0.3, -0.25) is 0 Å². The van der Waals surface area contributed by atoms with Gasteiger partial charge in [0, 0.05) is 5.56 Å². The summed E-state index contributed by atoms with van der Waals surface area (Å²) in [7, 11) is 0. The van der Waals surface area contributed by atoms with Gasteiger partial charge in [-0.05, 0) is 61.8 Å². The maximum atomic E-state index is 6.26. The maximum Gasteiger partial charge on any atom is 0.164 e. The van der Waals surface area contributed by atoms with Crippen molar-refractivity contribution in [3.05, 3.63) is 60.9 Å². The molecule has 1 saturated heterocycles. The lowest BCUT2D eigenvalue weighted by atomic mass is 9.95. The molecular weight excluding hydrogens is 376 g/mol. The number of hydrogen-bond donors (Lipinski definition) is 2. The molecule has 1 aliphatic heterocycles. The average Bonchev–Trinajstić information content (AvgIpc) is 3.16.